The Morgan fingerprint density at radius 2 is 2.00 bits per heavy atom. The van der Waals surface area contributed by atoms with Crippen LogP contribution < -0.4 is 4.74 Å². The summed E-state index contributed by atoms with van der Waals surface area (Å²) in [5, 5.41) is 0. The summed E-state index contributed by atoms with van der Waals surface area (Å²) in [4.78, 5) is 23.8. The van der Waals surface area contributed by atoms with Crippen molar-refractivity contribution >= 4 is 18.0 Å². The average molecular weight is 302 g/mol. The number of carbonyl (C=O) groups excluding carboxylic acids is 2. The first kappa shape index (κ1) is 16.3. The molecule has 2 rings (SSSR count). The summed E-state index contributed by atoms with van der Waals surface area (Å²) < 4.78 is 10.9. The molecule has 0 amide bonds. The molecule has 4 heteroatoms. The number of esters is 2. The Kier molecular flexibility index (Phi) is 5.01. The second-order valence-corrected chi connectivity index (χ2v) is 5.69. The first-order chi connectivity index (χ1) is 10.5. The average Bonchev–Trinajstić information content (AvgIpc) is 2.96. The van der Waals surface area contributed by atoms with Crippen LogP contribution in [0.3, 0.4) is 0 Å². The largest absolute Gasteiger partial charge is 0.455 e. The number of carbonyl (C=O) groups is 2. The molecule has 1 fully saturated rings. The van der Waals surface area contributed by atoms with E-state index in [1.54, 1.807) is 24.3 Å². The molecule has 0 heterocycles. The lowest BCUT2D eigenvalue weighted by molar-refractivity contribution is -0.131. The lowest BCUT2D eigenvalue weighted by Gasteiger charge is -2.28. The molecule has 1 saturated carbocycles. The Bertz CT molecular complexity index is 583. The zero-order valence-corrected chi connectivity index (χ0v) is 13.2. The van der Waals surface area contributed by atoms with Crippen LogP contribution in [0.1, 0.15) is 61.9 Å². The molecule has 0 radical (unpaired) electrons. The van der Waals surface area contributed by atoms with Crippen LogP contribution >= 0.6 is 0 Å². The minimum atomic E-state index is -0.466. The highest BCUT2D eigenvalue weighted by molar-refractivity contribution is 5.94. The molecular formula is C18H22O4. The first-order valence-electron chi connectivity index (χ1n) is 7.68. The fourth-order valence-electron chi connectivity index (χ4n) is 2.88. The number of rotatable bonds is 5. The topological polar surface area (TPSA) is 52.6 Å². The Morgan fingerprint density at radius 3 is 2.55 bits per heavy atom. The maximum atomic E-state index is 12.6. The number of ether oxygens (including phenoxy) is 2. The Labute approximate surface area is 131 Å². The molecule has 1 aliphatic carbocycles. The zero-order valence-electron chi connectivity index (χ0n) is 13.2. The number of hydrogen-bond donors (Lipinski definition) is 0. The van der Waals surface area contributed by atoms with Gasteiger partial charge in [0.15, 0.2) is 0 Å². The van der Waals surface area contributed by atoms with E-state index in [9.17, 15) is 9.59 Å². The highest BCUT2D eigenvalue weighted by Gasteiger charge is 2.36. The third-order valence-electron chi connectivity index (χ3n) is 4.18. The van der Waals surface area contributed by atoms with Crippen molar-refractivity contribution in [2.24, 2.45) is 0 Å². The van der Waals surface area contributed by atoms with Crippen molar-refractivity contribution in [2.75, 3.05) is 0 Å². The van der Waals surface area contributed by atoms with Crippen LogP contribution in [-0.2, 0) is 9.53 Å². The smallest absolute Gasteiger partial charge is 0.342 e. The van der Waals surface area contributed by atoms with Gasteiger partial charge in [0, 0.05) is 6.92 Å². The van der Waals surface area contributed by atoms with E-state index in [-0.39, 0.29) is 16.9 Å². The van der Waals surface area contributed by atoms with Crippen molar-refractivity contribution in [3.63, 3.8) is 0 Å². The second kappa shape index (κ2) is 6.77. The number of benzene rings is 1. The Hall–Kier alpha value is -2.10. The Balaban J connectivity index is 2.30. The standard InChI is InChI=1S/C18H22O4/c1-4-14-8-9-16(21-13(3)19)15(12-14)17(20)22-18(5-2)10-6-7-11-18/h4,8-9,12H,1,5-7,10-11H2,2-3H3. The predicted molar refractivity (Wildman–Crippen MR) is 84.7 cm³/mol. The van der Waals surface area contributed by atoms with E-state index >= 15 is 0 Å². The van der Waals surface area contributed by atoms with Crippen molar-refractivity contribution in [3.05, 3.63) is 35.9 Å². The van der Waals surface area contributed by atoms with E-state index in [4.69, 9.17) is 9.47 Å². The van der Waals surface area contributed by atoms with Gasteiger partial charge in [-0.2, -0.15) is 0 Å². The highest BCUT2D eigenvalue weighted by Crippen LogP contribution is 2.37. The fourth-order valence-corrected chi connectivity index (χ4v) is 2.88. The summed E-state index contributed by atoms with van der Waals surface area (Å²) in [6.45, 7) is 7.04. The summed E-state index contributed by atoms with van der Waals surface area (Å²) in [7, 11) is 0. The molecular weight excluding hydrogens is 280 g/mol. The van der Waals surface area contributed by atoms with Gasteiger partial charge in [0.2, 0.25) is 0 Å². The van der Waals surface area contributed by atoms with E-state index in [1.807, 2.05) is 6.92 Å². The van der Waals surface area contributed by atoms with Gasteiger partial charge in [-0.25, -0.2) is 4.79 Å². The maximum absolute atomic E-state index is 12.6. The van der Waals surface area contributed by atoms with Gasteiger partial charge >= 0.3 is 11.9 Å². The lowest BCUT2D eigenvalue weighted by atomic mass is 9.98. The Morgan fingerprint density at radius 1 is 1.32 bits per heavy atom. The summed E-state index contributed by atoms with van der Waals surface area (Å²) in [5.41, 5.74) is 0.668. The van der Waals surface area contributed by atoms with Crippen molar-refractivity contribution in [3.8, 4) is 5.75 Å². The van der Waals surface area contributed by atoms with Gasteiger partial charge in [-0.15, -0.1) is 0 Å². The zero-order chi connectivity index (χ0) is 16.2. The molecule has 4 nitrogen and oxygen atoms in total. The molecule has 1 aromatic carbocycles. The van der Waals surface area contributed by atoms with Crippen LogP contribution in [0.15, 0.2) is 24.8 Å². The molecule has 0 saturated heterocycles. The summed E-state index contributed by atoms with van der Waals surface area (Å²) in [5.74, 6) is -0.678. The van der Waals surface area contributed by atoms with Crippen LogP contribution in [0.25, 0.3) is 6.08 Å². The maximum Gasteiger partial charge on any atom is 0.342 e. The molecule has 0 atom stereocenters. The fraction of sp³-hybridized carbons (Fsp3) is 0.444. The van der Waals surface area contributed by atoms with Crippen LogP contribution in [0, 0.1) is 0 Å². The molecule has 22 heavy (non-hydrogen) atoms. The van der Waals surface area contributed by atoms with Crippen LogP contribution in [0.2, 0.25) is 0 Å². The van der Waals surface area contributed by atoms with E-state index in [2.05, 4.69) is 6.58 Å². The summed E-state index contributed by atoms with van der Waals surface area (Å²) in [6, 6.07) is 4.99. The van der Waals surface area contributed by atoms with Crippen LogP contribution in [0.4, 0.5) is 0 Å². The van der Waals surface area contributed by atoms with Gasteiger partial charge in [0.05, 0.1) is 0 Å². The van der Waals surface area contributed by atoms with E-state index < -0.39 is 11.9 Å². The molecule has 0 spiro atoms. The van der Waals surface area contributed by atoms with E-state index in [1.165, 1.54) is 6.92 Å². The highest BCUT2D eigenvalue weighted by atomic mass is 16.6. The van der Waals surface area contributed by atoms with Gasteiger partial charge in [0.1, 0.15) is 16.9 Å². The van der Waals surface area contributed by atoms with Crippen molar-refractivity contribution < 1.29 is 19.1 Å². The van der Waals surface area contributed by atoms with Crippen LogP contribution in [-0.4, -0.2) is 17.5 Å². The summed E-state index contributed by atoms with van der Waals surface area (Å²) >= 11 is 0. The second-order valence-electron chi connectivity index (χ2n) is 5.69. The van der Waals surface area contributed by atoms with Gasteiger partial charge in [-0.05, 0) is 49.8 Å². The molecule has 0 bridgehead atoms. The minimum absolute atomic E-state index is 0.229. The first-order valence-corrected chi connectivity index (χ1v) is 7.68. The third kappa shape index (κ3) is 3.56. The van der Waals surface area contributed by atoms with E-state index in [0.29, 0.717) is 0 Å². The molecule has 0 aliphatic heterocycles. The van der Waals surface area contributed by atoms with Gasteiger partial charge < -0.3 is 9.47 Å². The quantitative estimate of drug-likeness (QED) is 0.606. The van der Waals surface area contributed by atoms with Gasteiger partial charge in [0.25, 0.3) is 0 Å². The molecule has 1 aromatic rings. The van der Waals surface area contributed by atoms with Crippen LogP contribution in [0.5, 0.6) is 5.75 Å². The van der Waals surface area contributed by atoms with Crippen molar-refractivity contribution in [2.45, 2.75) is 51.6 Å². The van der Waals surface area contributed by atoms with Gasteiger partial charge in [-0.1, -0.05) is 25.6 Å². The van der Waals surface area contributed by atoms with Gasteiger partial charge in [-0.3, -0.25) is 4.79 Å². The van der Waals surface area contributed by atoms with Crippen molar-refractivity contribution in [1.29, 1.82) is 0 Å². The van der Waals surface area contributed by atoms with Crippen molar-refractivity contribution in [1.82, 2.24) is 0 Å². The SMILES string of the molecule is C=Cc1ccc(OC(C)=O)c(C(=O)OC2(CC)CCCC2)c1. The molecule has 1 aliphatic rings. The number of hydrogen-bond acceptors (Lipinski definition) is 4. The minimum Gasteiger partial charge on any atom is -0.455 e. The third-order valence-corrected chi connectivity index (χ3v) is 4.18. The normalized spacial score (nSPS) is 16.1. The molecule has 0 N–H and O–H groups in total. The monoisotopic (exact) mass is 302 g/mol. The molecule has 118 valence electrons. The lowest BCUT2D eigenvalue weighted by Crippen LogP contribution is -2.31. The predicted octanol–water partition coefficient (Wildman–Crippen LogP) is 4.13. The van der Waals surface area contributed by atoms with E-state index in [0.717, 1.165) is 37.7 Å². The molecule has 0 aromatic heterocycles. The summed E-state index contributed by atoms with van der Waals surface area (Å²) in [6.07, 6.45) is 6.36. The molecule has 0 unspecified atom stereocenters.